The highest BCUT2D eigenvalue weighted by molar-refractivity contribution is 7.92. The van der Waals surface area contributed by atoms with E-state index < -0.39 is 10.0 Å². The van der Waals surface area contributed by atoms with Crippen molar-refractivity contribution >= 4 is 33.2 Å². The normalized spacial score (nSPS) is 16.8. The zero-order chi connectivity index (χ0) is 21.1. The summed E-state index contributed by atoms with van der Waals surface area (Å²) in [5.41, 5.74) is 1.72. The van der Waals surface area contributed by atoms with Crippen molar-refractivity contribution in [1.82, 2.24) is 4.90 Å². The van der Waals surface area contributed by atoms with Crippen LogP contribution in [-0.4, -0.2) is 45.5 Å². The van der Waals surface area contributed by atoms with Gasteiger partial charge in [-0.2, -0.15) is 0 Å². The van der Waals surface area contributed by atoms with E-state index in [1.165, 1.54) is 22.5 Å². The first kappa shape index (κ1) is 21.0. The molecule has 0 spiro atoms. The molecule has 2 aliphatic heterocycles. The molecular weight excluding hydrogens is 424 g/mol. The van der Waals surface area contributed by atoms with E-state index in [0.29, 0.717) is 24.4 Å². The fourth-order valence-electron chi connectivity index (χ4n) is 3.99. The first-order valence-corrected chi connectivity index (χ1v) is 12.1. The molecule has 0 aliphatic carbocycles. The van der Waals surface area contributed by atoms with Crippen LogP contribution in [0.4, 0.5) is 5.69 Å². The van der Waals surface area contributed by atoms with Crippen molar-refractivity contribution in [3.05, 3.63) is 53.1 Å². The van der Waals surface area contributed by atoms with E-state index in [2.05, 4.69) is 0 Å². The summed E-state index contributed by atoms with van der Waals surface area (Å²) in [4.78, 5) is 14.3. The number of anilines is 1. The van der Waals surface area contributed by atoms with E-state index in [0.717, 1.165) is 44.3 Å². The van der Waals surface area contributed by atoms with Gasteiger partial charge in [-0.05, 0) is 49.1 Å². The van der Waals surface area contributed by atoms with Crippen molar-refractivity contribution in [3.8, 4) is 5.75 Å². The van der Waals surface area contributed by atoms with Gasteiger partial charge in [0.05, 0.1) is 15.6 Å². The zero-order valence-electron chi connectivity index (χ0n) is 16.7. The maximum Gasteiger partial charge on any atom is 0.264 e. The lowest BCUT2D eigenvalue weighted by Crippen LogP contribution is -2.35. The highest BCUT2D eigenvalue weighted by Gasteiger charge is 2.31. The van der Waals surface area contributed by atoms with Crippen molar-refractivity contribution < 1.29 is 17.9 Å². The van der Waals surface area contributed by atoms with Crippen molar-refractivity contribution in [2.45, 2.75) is 37.0 Å². The molecule has 6 nitrogen and oxygen atoms in total. The Balaban J connectivity index is 1.46. The summed E-state index contributed by atoms with van der Waals surface area (Å²) in [5.74, 6) is 0.235. The third kappa shape index (κ3) is 4.27. The van der Waals surface area contributed by atoms with Gasteiger partial charge in [-0.15, -0.1) is 0 Å². The Labute approximate surface area is 182 Å². The Hall–Kier alpha value is -2.25. The number of rotatable bonds is 5. The summed E-state index contributed by atoms with van der Waals surface area (Å²) in [6.45, 7) is 1.81. The highest BCUT2D eigenvalue weighted by atomic mass is 35.5. The Morgan fingerprint density at radius 2 is 1.73 bits per heavy atom. The second kappa shape index (κ2) is 8.86. The highest BCUT2D eigenvalue weighted by Crippen LogP contribution is 2.35. The summed E-state index contributed by atoms with van der Waals surface area (Å²) < 4.78 is 33.3. The molecule has 4 rings (SSSR count). The summed E-state index contributed by atoms with van der Waals surface area (Å²) in [6.07, 6.45) is 5.00. The Morgan fingerprint density at radius 3 is 2.47 bits per heavy atom. The van der Waals surface area contributed by atoms with Gasteiger partial charge in [0.2, 0.25) is 0 Å². The van der Waals surface area contributed by atoms with Gasteiger partial charge in [-0.1, -0.05) is 42.6 Å². The van der Waals surface area contributed by atoms with Crippen molar-refractivity contribution in [2.75, 3.05) is 30.5 Å². The van der Waals surface area contributed by atoms with Crippen LogP contribution in [0.2, 0.25) is 5.02 Å². The molecule has 1 amide bonds. The van der Waals surface area contributed by atoms with Crippen LogP contribution in [0.5, 0.6) is 5.75 Å². The molecule has 1 saturated heterocycles. The first-order valence-electron chi connectivity index (χ1n) is 10.3. The lowest BCUT2D eigenvalue weighted by atomic mass is 10.2. The molecule has 1 fully saturated rings. The van der Waals surface area contributed by atoms with Crippen molar-refractivity contribution in [2.24, 2.45) is 0 Å². The molecular formula is C22H25ClN2O4S. The molecule has 2 aromatic carbocycles. The van der Waals surface area contributed by atoms with Crippen LogP contribution in [0.15, 0.2) is 47.4 Å². The third-order valence-corrected chi connectivity index (χ3v) is 7.75. The molecule has 30 heavy (non-hydrogen) atoms. The molecule has 0 saturated carbocycles. The number of likely N-dealkylation sites (tertiary alicyclic amines) is 1. The zero-order valence-corrected chi connectivity index (χ0v) is 18.3. The first-order chi connectivity index (χ1) is 14.5. The lowest BCUT2D eigenvalue weighted by Gasteiger charge is -2.21. The number of para-hydroxylation sites is 1. The number of amides is 1. The van der Waals surface area contributed by atoms with Crippen LogP contribution in [0.25, 0.3) is 0 Å². The van der Waals surface area contributed by atoms with E-state index in [-0.39, 0.29) is 22.4 Å². The number of ether oxygens (including phenoxy) is 1. The van der Waals surface area contributed by atoms with Crippen LogP contribution in [0, 0.1) is 0 Å². The number of halogens is 1. The van der Waals surface area contributed by atoms with Crippen LogP contribution in [0.3, 0.4) is 0 Å². The predicted molar refractivity (Wildman–Crippen MR) is 117 cm³/mol. The maximum absolute atomic E-state index is 13.1. The molecule has 0 N–H and O–H groups in total. The fourth-order valence-corrected chi connectivity index (χ4v) is 5.82. The fraction of sp³-hybridized carbons (Fsp3) is 0.409. The maximum atomic E-state index is 13.1. The summed E-state index contributed by atoms with van der Waals surface area (Å²) in [7, 11) is -3.73. The number of hydrogen-bond donors (Lipinski definition) is 0. The molecule has 8 heteroatoms. The van der Waals surface area contributed by atoms with Crippen LogP contribution in [-0.2, 0) is 21.2 Å². The summed E-state index contributed by atoms with van der Waals surface area (Å²) >= 11 is 6.30. The molecule has 0 bridgehead atoms. The average molecular weight is 449 g/mol. The molecule has 0 unspecified atom stereocenters. The minimum Gasteiger partial charge on any atom is -0.482 e. The van der Waals surface area contributed by atoms with E-state index in [1.54, 1.807) is 0 Å². The molecule has 0 radical (unpaired) electrons. The number of carbonyl (C=O) groups excluding carboxylic acids is 1. The van der Waals surface area contributed by atoms with Gasteiger partial charge >= 0.3 is 0 Å². The average Bonchev–Trinajstić information content (AvgIpc) is 2.99. The second-order valence-corrected chi connectivity index (χ2v) is 9.90. The monoisotopic (exact) mass is 448 g/mol. The standard InChI is InChI=1S/C22H25ClN2O4S/c23-19-15-18(30(27,28)25-14-11-17-7-3-4-8-20(17)25)9-10-21(19)29-16-22(26)24-12-5-1-2-6-13-24/h3-4,7-10,15H,1-2,5-6,11-14,16H2. The Morgan fingerprint density at radius 1 is 1.00 bits per heavy atom. The van der Waals surface area contributed by atoms with Gasteiger partial charge < -0.3 is 9.64 Å². The molecule has 0 atom stereocenters. The van der Waals surface area contributed by atoms with Gasteiger partial charge in [-0.3, -0.25) is 9.10 Å². The minimum absolute atomic E-state index is 0.0710. The minimum atomic E-state index is -3.73. The van der Waals surface area contributed by atoms with Crippen molar-refractivity contribution in [1.29, 1.82) is 0 Å². The lowest BCUT2D eigenvalue weighted by molar-refractivity contribution is -0.133. The van der Waals surface area contributed by atoms with E-state index >= 15 is 0 Å². The smallest absolute Gasteiger partial charge is 0.264 e. The number of benzene rings is 2. The summed E-state index contributed by atoms with van der Waals surface area (Å²) in [6, 6.07) is 11.9. The van der Waals surface area contributed by atoms with E-state index in [9.17, 15) is 13.2 Å². The van der Waals surface area contributed by atoms with Gasteiger partial charge in [0.1, 0.15) is 5.75 Å². The summed E-state index contributed by atoms with van der Waals surface area (Å²) in [5, 5.41) is 0.173. The Kier molecular flexibility index (Phi) is 6.20. The SMILES string of the molecule is O=C(COc1ccc(S(=O)(=O)N2CCc3ccccc32)cc1Cl)N1CCCCCC1. The number of hydrogen-bond acceptors (Lipinski definition) is 4. The molecule has 0 aromatic heterocycles. The number of carbonyl (C=O) groups is 1. The van der Waals surface area contributed by atoms with Crippen LogP contribution in [0.1, 0.15) is 31.2 Å². The predicted octanol–water partition coefficient (Wildman–Crippen LogP) is 3.87. The second-order valence-electron chi connectivity index (χ2n) is 7.63. The van der Waals surface area contributed by atoms with Crippen LogP contribution < -0.4 is 9.04 Å². The van der Waals surface area contributed by atoms with Crippen molar-refractivity contribution in [3.63, 3.8) is 0 Å². The van der Waals surface area contributed by atoms with Crippen LogP contribution >= 0.6 is 11.6 Å². The van der Waals surface area contributed by atoms with Gasteiger partial charge in [-0.25, -0.2) is 8.42 Å². The van der Waals surface area contributed by atoms with E-state index in [4.69, 9.17) is 16.3 Å². The molecule has 2 aliphatic rings. The molecule has 2 heterocycles. The third-order valence-electron chi connectivity index (χ3n) is 5.65. The molecule has 160 valence electrons. The number of fused-ring (bicyclic) bond motifs is 1. The topological polar surface area (TPSA) is 66.9 Å². The van der Waals surface area contributed by atoms with Gasteiger partial charge in [0, 0.05) is 19.6 Å². The van der Waals surface area contributed by atoms with Gasteiger partial charge in [0.25, 0.3) is 15.9 Å². The van der Waals surface area contributed by atoms with E-state index in [1.807, 2.05) is 29.2 Å². The largest absolute Gasteiger partial charge is 0.482 e. The quantitative estimate of drug-likeness (QED) is 0.696. The number of nitrogens with zero attached hydrogens (tertiary/aromatic N) is 2. The Bertz CT molecular complexity index is 1030. The number of sulfonamides is 1. The van der Waals surface area contributed by atoms with Gasteiger partial charge in [0.15, 0.2) is 6.61 Å². The molecule has 2 aromatic rings.